The van der Waals surface area contributed by atoms with Gasteiger partial charge in [-0.3, -0.25) is 4.79 Å². The number of allylic oxidation sites excluding steroid dienone is 5. The summed E-state index contributed by atoms with van der Waals surface area (Å²) in [5.41, 5.74) is 2.34. The smallest absolute Gasteiger partial charge is 0.178 e. The molecule has 0 fully saturated rings. The molecule has 0 N–H and O–H groups in total. The third-order valence-corrected chi connectivity index (χ3v) is 4.35. The maximum atomic E-state index is 12.8. The van der Waals surface area contributed by atoms with Crippen LogP contribution in [-0.4, -0.2) is 5.78 Å². The summed E-state index contributed by atoms with van der Waals surface area (Å²) in [4.78, 5) is 12.0. The lowest BCUT2D eigenvalue weighted by Crippen LogP contribution is -2.26. The summed E-state index contributed by atoms with van der Waals surface area (Å²) in [6.07, 6.45) is 11.4. The van der Waals surface area contributed by atoms with E-state index >= 15 is 0 Å². The summed E-state index contributed by atoms with van der Waals surface area (Å²) in [6, 6.07) is 6.08. The molecule has 2 rings (SSSR count). The first-order chi connectivity index (χ1) is 10.4. The predicted molar refractivity (Wildman–Crippen MR) is 89.8 cm³/mol. The standard InChI is InChI=1S/C20H23FO/c1-15-5-4-14-20(2,3)19(15)13-12-18(22)11-8-16-6-9-17(21)10-7-16/h5-13,19H,4,14H2,1-3H3/b11-8+,13-12+. The number of hydrogen-bond donors (Lipinski definition) is 0. The minimum atomic E-state index is -0.273. The minimum absolute atomic E-state index is 0.0431. The Labute approximate surface area is 132 Å². The van der Waals surface area contributed by atoms with Gasteiger partial charge in [-0.05, 0) is 55.0 Å². The van der Waals surface area contributed by atoms with Gasteiger partial charge in [0, 0.05) is 5.92 Å². The van der Waals surface area contributed by atoms with Gasteiger partial charge >= 0.3 is 0 Å². The Morgan fingerprint density at radius 3 is 2.55 bits per heavy atom. The van der Waals surface area contributed by atoms with Crippen LogP contribution in [0, 0.1) is 17.2 Å². The molecule has 0 spiro atoms. The predicted octanol–water partition coefficient (Wildman–Crippen LogP) is 5.35. The highest BCUT2D eigenvalue weighted by molar-refractivity contribution is 6.02. The number of halogens is 1. The van der Waals surface area contributed by atoms with E-state index in [9.17, 15) is 9.18 Å². The fraction of sp³-hybridized carbons (Fsp3) is 0.350. The van der Waals surface area contributed by atoms with Gasteiger partial charge < -0.3 is 0 Å². The zero-order valence-electron chi connectivity index (χ0n) is 13.5. The third-order valence-electron chi connectivity index (χ3n) is 4.35. The summed E-state index contributed by atoms with van der Waals surface area (Å²) >= 11 is 0. The van der Waals surface area contributed by atoms with Gasteiger partial charge in [-0.15, -0.1) is 0 Å². The first kappa shape index (κ1) is 16.4. The number of ketones is 1. The molecule has 1 aliphatic rings. The van der Waals surface area contributed by atoms with Gasteiger partial charge in [0.15, 0.2) is 5.78 Å². The highest BCUT2D eigenvalue weighted by atomic mass is 19.1. The van der Waals surface area contributed by atoms with Gasteiger partial charge in [0.2, 0.25) is 0 Å². The maximum absolute atomic E-state index is 12.8. The molecule has 0 amide bonds. The lowest BCUT2D eigenvalue weighted by Gasteiger charge is -2.36. The molecule has 0 aromatic heterocycles. The van der Waals surface area contributed by atoms with Crippen molar-refractivity contribution in [3.8, 4) is 0 Å². The second kappa shape index (κ2) is 6.87. The van der Waals surface area contributed by atoms with Crippen molar-refractivity contribution in [1.82, 2.24) is 0 Å². The van der Waals surface area contributed by atoms with Crippen molar-refractivity contribution in [3.05, 3.63) is 65.5 Å². The average Bonchev–Trinajstić information content (AvgIpc) is 2.45. The topological polar surface area (TPSA) is 17.1 Å². The molecule has 116 valence electrons. The first-order valence-corrected chi connectivity index (χ1v) is 7.71. The molecular weight excluding hydrogens is 275 g/mol. The van der Waals surface area contributed by atoms with E-state index < -0.39 is 0 Å². The molecule has 1 nitrogen and oxygen atoms in total. The van der Waals surface area contributed by atoms with Gasteiger partial charge in [0.25, 0.3) is 0 Å². The molecule has 0 bridgehead atoms. The molecule has 0 saturated carbocycles. The molecule has 1 aliphatic carbocycles. The molecule has 1 aromatic carbocycles. The first-order valence-electron chi connectivity index (χ1n) is 7.71. The van der Waals surface area contributed by atoms with Crippen LogP contribution in [0.15, 0.2) is 54.1 Å². The van der Waals surface area contributed by atoms with Crippen molar-refractivity contribution in [2.45, 2.75) is 33.6 Å². The van der Waals surface area contributed by atoms with Crippen LogP contribution in [0.2, 0.25) is 0 Å². The number of rotatable bonds is 4. The lowest BCUT2D eigenvalue weighted by molar-refractivity contribution is -0.110. The van der Waals surface area contributed by atoms with Crippen molar-refractivity contribution in [2.75, 3.05) is 0 Å². The summed E-state index contributed by atoms with van der Waals surface area (Å²) in [6.45, 7) is 6.63. The van der Waals surface area contributed by atoms with Crippen LogP contribution in [0.3, 0.4) is 0 Å². The van der Waals surface area contributed by atoms with Crippen LogP contribution in [0.5, 0.6) is 0 Å². The Morgan fingerprint density at radius 2 is 1.91 bits per heavy atom. The van der Waals surface area contributed by atoms with E-state index in [1.807, 2.05) is 6.08 Å². The molecule has 22 heavy (non-hydrogen) atoms. The SMILES string of the molecule is CC1=CCCC(C)(C)C1/C=C/C(=O)/C=C/c1ccc(F)cc1. The number of carbonyl (C=O) groups is 1. The van der Waals surface area contributed by atoms with Gasteiger partial charge in [-0.2, -0.15) is 0 Å². The Morgan fingerprint density at radius 1 is 1.23 bits per heavy atom. The second-order valence-electron chi connectivity index (χ2n) is 6.60. The van der Waals surface area contributed by atoms with Crippen molar-refractivity contribution in [1.29, 1.82) is 0 Å². The monoisotopic (exact) mass is 298 g/mol. The Kier molecular flexibility index (Phi) is 5.12. The highest BCUT2D eigenvalue weighted by Gasteiger charge is 2.30. The van der Waals surface area contributed by atoms with Crippen LogP contribution in [-0.2, 0) is 4.79 Å². The van der Waals surface area contributed by atoms with Crippen molar-refractivity contribution < 1.29 is 9.18 Å². The van der Waals surface area contributed by atoms with E-state index in [1.165, 1.54) is 23.8 Å². The van der Waals surface area contributed by atoms with E-state index in [0.29, 0.717) is 5.92 Å². The van der Waals surface area contributed by atoms with Crippen LogP contribution in [0.25, 0.3) is 6.08 Å². The van der Waals surface area contributed by atoms with Gasteiger partial charge in [-0.1, -0.05) is 49.8 Å². The average molecular weight is 298 g/mol. The van der Waals surface area contributed by atoms with Gasteiger partial charge in [-0.25, -0.2) is 4.39 Å². The van der Waals surface area contributed by atoms with E-state index in [1.54, 1.807) is 24.3 Å². The molecule has 0 saturated heterocycles. The maximum Gasteiger partial charge on any atom is 0.178 e. The lowest BCUT2D eigenvalue weighted by atomic mass is 9.68. The van der Waals surface area contributed by atoms with Gasteiger partial charge in [0.1, 0.15) is 5.82 Å². The zero-order valence-corrected chi connectivity index (χ0v) is 13.5. The van der Waals surface area contributed by atoms with E-state index in [0.717, 1.165) is 18.4 Å². The molecule has 0 radical (unpaired) electrons. The second-order valence-corrected chi connectivity index (χ2v) is 6.60. The Bertz CT molecular complexity index is 618. The van der Waals surface area contributed by atoms with Crippen molar-refractivity contribution in [3.63, 3.8) is 0 Å². The Hall–Kier alpha value is -1.96. The number of benzene rings is 1. The quantitative estimate of drug-likeness (QED) is 0.541. The summed E-state index contributed by atoms with van der Waals surface area (Å²) in [5, 5.41) is 0. The molecule has 0 aliphatic heterocycles. The van der Waals surface area contributed by atoms with E-state index in [4.69, 9.17) is 0 Å². The molecule has 1 aromatic rings. The van der Waals surface area contributed by atoms with Crippen LogP contribution in [0.1, 0.15) is 39.2 Å². The molecular formula is C20H23FO. The van der Waals surface area contributed by atoms with E-state index in [-0.39, 0.29) is 17.0 Å². The minimum Gasteiger partial charge on any atom is -0.290 e. The number of carbonyl (C=O) groups excluding carboxylic acids is 1. The highest BCUT2D eigenvalue weighted by Crippen LogP contribution is 2.41. The fourth-order valence-corrected chi connectivity index (χ4v) is 2.98. The summed E-state index contributed by atoms with van der Waals surface area (Å²) in [7, 11) is 0. The van der Waals surface area contributed by atoms with Crippen molar-refractivity contribution >= 4 is 11.9 Å². The van der Waals surface area contributed by atoms with E-state index in [2.05, 4.69) is 26.8 Å². The molecule has 0 heterocycles. The van der Waals surface area contributed by atoms with Crippen molar-refractivity contribution in [2.24, 2.45) is 11.3 Å². The van der Waals surface area contributed by atoms with Crippen LogP contribution in [0.4, 0.5) is 4.39 Å². The largest absolute Gasteiger partial charge is 0.290 e. The fourth-order valence-electron chi connectivity index (χ4n) is 2.98. The number of hydrogen-bond acceptors (Lipinski definition) is 1. The molecule has 1 unspecified atom stereocenters. The normalized spacial score (nSPS) is 21.3. The Balaban J connectivity index is 2.03. The summed E-state index contributed by atoms with van der Waals surface area (Å²) < 4.78 is 12.8. The molecule has 2 heteroatoms. The van der Waals surface area contributed by atoms with Crippen LogP contribution < -0.4 is 0 Å². The third kappa shape index (κ3) is 4.27. The van der Waals surface area contributed by atoms with Gasteiger partial charge in [0.05, 0.1) is 0 Å². The zero-order chi connectivity index (χ0) is 16.2. The molecule has 1 atom stereocenters. The summed E-state index contributed by atoms with van der Waals surface area (Å²) in [5.74, 6) is -0.00640. The van der Waals surface area contributed by atoms with Crippen LogP contribution >= 0.6 is 0 Å².